The molecule has 0 bridgehead atoms. The first kappa shape index (κ1) is 12.0. The Kier molecular flexibility index (Phi) is 3.48. The highest BCUT2D eigenvalue weighted by Crippen LogP contribution is 2.19. The molecule has 4 nitrogen and oxygen atoms in total. The van der Waals surface area contributed by atoms with Crippen LogP contribution < -0.4 is 4.74 Å². The lowest BCUT2D eigenvalue weighted by molar-refractivity contribution is 0.106. The second-order valence-corrected chi connectivity index (χ2v) is 3.78. The Morgan fingerprint density at radius 1 is 1.22 bits per heavy atom. The first-order valence-corrected chi connectivity index (χ1v) is 5.45. The molecule has 4 heteroatoms. The summed E-state index contributed by atoms with van der Waals surface area (Å²) in [7, 11) is 0. The van der Waals surface area contributed by atoms with Gasteiger partial charge in [0.25, 0.3) is 0 Å². The van der Waals surface area contributed by atoms with Gasteiger partial charge in [0, 0.05) is 6.07 Å². The van der Waals surface area contributed by atoms with Crippen molar-refractivity contribution in [2.45, 2.75) is 6.92 Å². The molecule has 0 saturated heterocycles. The first-order chi connectivity index (χ1) is 8.69. The maximum absolute atomic E-state index is 11.3. The molecule has 1 N–H and O–H groups in total. The molecule has 0 aliphatic rings. The second-order valence-electron chi connectivity index (χ2n) is 3.78. The Bertz CT molecular complexity index is 577. The summed E-state index contributed by atoms with van der Waals surface area (Å²) in [6.45, 7) is 1.99. The van der Waals surface area contributed by atoms with Gasteiger partial charge in [-0.05, 0) is 25.1 Å². The van der Waals surface area contributed by atoms with E-state index >= 15 is 0 Å². The quantitative estimate of drug-likeness (QED) is 0.660. The lowest BCUT2D eigenvalue weighted by atomic mass is 10.2. The van der Waals surface area contributed by atoms with E-state index in [0.717, 1.165) is 11.8 Å². The van der Waals surface area contributed by atoms with Gasteiger partial charge in [0.2, 0.25) is 11.7 Å². The topological polar surface area (TPSA) is 63.0 Å². The molecule has 0 aliphatic heterocycles. The van der Waals surface area contributed by atoms with Crippen molar-refractivity contribution in [3.8, 4) is 11.6 Å². The molecule has 0 aliphatic carbocycles. The van der Waals surface area contributed by atoms with Crippen LogP contribution in [-0.2, 0) is 0 Å². The van der Waals surface area contributed by atoms with Gasteiger partial charge in [-0.15, -0.1) is 0 Å². The number of aromatic nitrogens is 1. The summed E-state index contributed by atoms with van der Waals surface area (Å²) >= 11 is 0. The lowest BCUT2D eigenvalue weighted by Crippen LogP contribution is -2.03. The van der Waals surface area contributed by atoms with Crippen LogP contribution in [-0.4, -0.2) is 17.0 Å². The minimum Gasteiger partial charge on any atom is -0.439 e. The SMILES string of the molecule is Cc1ccc(Oc2cccc(C(=O)C=N)n2)cc1. The highest BCUT2D eigenvalue weighted by molar-refractivity contribution is 6.33. The zero-order valence-electron chi connectivity index (χ0n) is 9.88. The van der Waals surface area contributed by atoms with Crippen LogP contribution in [0.5, 0.6) is 11.6 Å². The molecule has 18 heavy (non-hydrogen) atoms. The predicted octanol–water partition coefficient (Wildman–Crippen LogP) is 3.01. The normalized spacial score (nSPS) is 9.83. The van der Waals surface area contributed by atoms with Crippen LogP contribution in [0.25, 0.3) is 0 Å². The summed E-state index contributed by atoms with van der Waals surface area (Å²) in [5.74, 6) is 0.559. The van der Waals surface area contributed by atoms with Crippen molar-refractivity contribution >= 4 is 12.0 Å². The summed E-state index contributed by atoms with van der Waals surface area (Å²) in [5, 5.41) is 6.91. The van der Waals surface area contributed by atoms with Crippen molar-refractivity contribution in [2.75, 3.05) is 0 Å². The molecule has 1 aromatic carbocycles. The summed E-state index contributed by atoms with van der Waals surface area (Å²) in [6.07, 6.45) is 0.734. The Morgan fingerprint density at radius 3 is 2.61 bits per heavy atom. The Morgan fingerprint density at radius 2 is 1.94 bits per heavy atom. The minimum absolute atomic E-state index is 0.203. The van der Waals surface area contributed by atoms with Crippen LogP contribution >= 0.6 is 0 Å². The largest absolute Gasteiger partial charge is 0.439 e. The van der Waals surface area contributed by atoms with Crippen LogP contribution in [0.4, 0.5) is 0 Å². The van der Waals surface area contributed by atoms with Gasteiger partial charge in [0.15, 0.2) is 0 Å². The van der Waals surface area contributed by atoms with Gasteiger partial charge < -0.3 is 10.1 Å². The Hall–Kier alpha value is -2.49. The van der Waals surface area contributed by atoms with Crippen LogP contribution in [0, 0.1) is 12.3 Å². The number of nitrogens with one attached hydrogen (secondary N) is 1. The maximum atomic E-state index is 11.3. The molecule has 0 fully saturated rings. The number of benzene rings is 1. The van der Waals surface area contributed by atoms with Gasteiger partial charge in [-0.2, -0.15) is 0 Å². The van der Waals surface area contributed by atoms with Gasteiger partial charge in [-0.1, -0.05) is 23.8 Å². The average molecular weight is 240 g/mol. The molecule has 0 radical (unpaired) electrons. The first-order valence-electron chi connectivity index (χ1n) is 5.45. The predicted molar refractivity (Wildman–Crippen MR) is 68.6 cm³/mol. The summed E-state index contributed by atoms with van der Waals surface area (Å²) in [6, 6.07) is 12.4. The molecule has 2 aromatic rings. The number of nitrogens with zero attached hydrogens (tertiary/aromatic N) is 1. The van der Waals surface area contributed by atoms with E-state index in [1.54, 1.807) is 18.2 Å². The van der Waals surface area contributed by atoms with Gasteiger partial charge in [-0.3, -0.25) is 4.79 Å². The van der Waals surface area contributed by atoms with Crippen LogP contribution in [0.15, 0.2) is 42.5 Å². The molecular formula is C14H12N2O2. The third-order valence-corrected chi connectivity index (χ3v) is 2.35. The van der Waals surface area contributed by atoms with Crippen molar-refractivity contribution < 1.29 is 9.53 Å². The Balaban J connectivity index is 2.21. The zero-order chi connectivity index (χ0) is 13.0. The zero-order valence-corrected chi connectivity index (χ0v) is 9.88. The smallest absolute Gasteiger partial charge is 0.221 e. The van der Waals surface area contributed by atoms with E-state index in [4.69, 9.17) is 10.1 Å². The second kappa shape index (κ2) is 5.23. The van der Waals surface area contributed by atoms with E-state index < -0.39 is 5.78 Å². The number of Topliss-reactive ketones (excluding diaryl/α,β-unsaturated/α-hetero) is 1. The highest BCUT2D eigenvalue weighted by Gasteiger charge is 2.06. The molecule has 2 rings (SSSR count). The number of hydrogen-bond donors (Lipinski definition) is 1. The van der Waals surface area contributed by atoms with E-state index in [-0.39, 0.29) is 5.69 Å². The maximum Gasteiger partial charge on any atom is 0.221 e. The van der Waals surface area contributed by atoms with Gasteiger partial charge in [0.05, 0.1) is 6.21 Å². The van der Waals surface area contributed by atoms with Gasteiger partial charge in [-0.25, -0.2) is 4.98 Å². The van der Waals surface area contributed by atoms with Crippen LogP contribution in [0.1, 0.15) is 16.1 Å². The molecular weight excluding hydrogens is 228 g/mol. The molecule has 0 saturated carbocycles. The monoisotopic (exact) mass is 240 g/mol. The fourth-order valence-corrected chi connectivity index (χ4v) is 1.41. The lowest BCUT2D eigenvalue weighted by Gasteiger charge is -2.05. The molecule has 0 spiro atoms. The number of pyridine rings is 1. The number of hydrogen-bond acceptors (Lipinski definition) is 4. The molecule has 90 valence electrons. The number of aryl methyl sites for hydroxylation is 1. The summed E-state index contributed by atoms with van der Waals surface area (Å²) in [5.41, 5.74) is 1.35. The molecule has 1 heterocycles. The van der Waals surface area contributed by atoms with Crippen LogP contribution in [0.3, 0.4) is 0 Å². The van der Waals surface area contributed by atoms with Gasteiger partial charge in [0.1, 0.15) is 11.4 Å². The van der Waals surface area contributed by atoms with Crippen molar-refractivity contribution in [1.82, 2.24) is 4.98 Å². The highest BCUT2D eigenvalue weighted by atomic mass is 16.5. The Labute approximate surface area is 105 Å². The molecule has 0 amide bonds. The van der Waals surface area contributed by atoms with E-state index in [0.29, 0.717) is 11.6 Å². The summed E-state index contributed by atoms with van der Waals surface area (Å²) in [4.78, 5) is 15.3. The molecule has 0 unspecified atom stereocenters. The average Bonchev–Trinajstić information content (AvgIpc) is 2.41. The van der Waals surface area contributed by atoms with E-state index in [1.807, 2.05) is 31.2 Å². The van der Waals surface area contributed by atoms with Gasteiger partial charge >= 0.3 is 0 Å². The third kappa shape index (κ3) is 2.79. The van der Waals surface area contributed by atoms with Crippen molar-refractivity contribution in [2.24, 2.45) is 0 Å². The number of carbonyl (C=O) groups is 1. The van der Waals surface area contributed by atoms with Crippen molar-refractivity contribution in [3.63, 3.8) is 0 Å². The third-order valence-electron chi connectivity index (χ3n) is 2.35. The van der Waals surface area contributed by atoms with Crippen LogP contribution in [0.2, 0.25) is 0 Å². The number of ether oxygens (including phenoxy) is 1. The van der Waals surface area contributed by atoms with E-state index in [9.17, 15) is 4.79 Å². The van der Waals surface area contributed by atoms with Crippen molar-refractivity contribution in [1.29, 1.82) is 5.41 Å². The number of rotatable bonds is 4. The number of ketones is 1. The van der Waals surface area contributed by atoms with E-state index in [2.05, 4.69) is 4.98 Å². The summed E-state index contributed by atoms with van der Waals surface area (Å²) < 4.78 is 5.53. The number of carbonyl (C=O) groups excluding carboxylic acids is 1. The fourth-order valence-electron chi connectivity index (χ4n) is 1.41. The fraction of sp³-hybridized carbons (Fsp3) is 0.0714. The molecule has 1 aromatic heterocycles. The van der Waals surface area contributed by atoms with Crippen molar-refractivity contribution in [3.05, 3.63) is 53.7 Å². The molecule has 0 atom stereocenters. The standard InChI is InChI=1S/C14H12N2O2/c1-10-5-7-11(8-6-10)18-14-4-2-3-12(16-14)13(17)9-15/h2-9,15H,1H3. The minimum atomic E-state index is -0.440. The van der Waals surface area contributed by atoms with E-state index in [1.165, 1.54) is 0 Å².